The highest BCUT2D eigenvalue weighted by atomic mass is 16.5. The van der Waals surface area contributed by atoms with Gasteiger partial charge in [-0.25, -0.2) is 4.98 Å². The van der Waals surface area contributed by atoms with Gasteiger partial charge in [0.05, 0.1) is 13.2 Å². The van der Waals surface area contributed by atoms with Gasteiger partial charge in [0, 0.05) is 11.8 Å². The average Bonchev–Trinajstić information content (AvgIpc) is 2.48. The van der Waals surface area contributed by atoms with Crippen molar-refractivity contribution in [1.29, 1.82) is 0 Å². The molecule has 2 rings (SSSR count). The van der Waals surface area contributed by atoms with E-state index in [-0.39, 0.29) is 6.04 Å². The summed E-state index contributed by atoms with van der Waals surface area (Å²) in [6.07, 6.45) is 2.85. The fourth-order valence-electron chi connectivity index (χ4n) is 2.67. The largest absolute Gasteiger partial charge is 0.481 e. The van der Waals surface area contributed by atoms with Gasteiger partial charge in [-0.15, -0.1) is 0 Å². The van der Waals surface area contributed by atoms with Crippen LogP contribution in [0, 0.1) is 5.92 Å². The van der Waals surface area contributed by atoms with Crippen LogP contribution in [0.3, 0.4) is 0 Å². The lowest BCUT2D eigenvalue weighted by atomic mass is 9.95. The molecule has 0 bridgehead atoms. The van der Waals surface area contributed by atoms with Crippen LogP contribution in [0.15, 0.2) is 42.6 Å². The molecule has 0 aliphatic carbocycles. The molecule has 21 heavy (non-hydrogen) atoms. The quantitative estimate of drug-likeness (QED) is 0.880. The zero-order chi connectivity index (χ0) is 15.2. The van der Waals surface area contributed by atoms with Gasteiger partial charge in [0.1, 0.15) is 0 Å². The molecule has 0 aliphatic rings. The molecule has 0 saturated heterocycles. The maximum atomic E-state index is 5.39. The maximum absolute atomic E-state index is 5.39. The summed E-state index contributed by atoms with van der Waals surface area (Å²) in [6, 6.07) is 12.8. The second kappa shape index (κ2) is 7.23. The molecule has 1 aromatic carbocycles. The van der Waals surface area contributed by atoms with Crippen molar-refractivity contribution in [2.24, 2.45) is 5.92 Å². The predicted octanol–water partition coefficient (Wildman–Crippen LogP) is 3.60. The van der Waals surface area contributed by atoms with Gasteiger partial charge in [-0.2, -0.15) is 0 Å². The number of benzene rings is 1. The molecule has 0 amide bonds. The first-order chi connectivity index (χ1) is 10.2. The Morgan fingerprint density at radius 2 is 2.00 bits per heavy atom. The average molecular weight is 284 g/mol. The van der Waals surface area contributed by atoms with Crippen LogP contribution in [0.4, 0.5) is 0 Å². The van der Waals surface area contributed by atoms with Gasteiger partial charge in [-0.05, 0) is 36.6 Å². The number of nitrogens with zero attached hydrogens (tertiary/aromatic N) is 1. The zero-order valence-electron chi connectivity index (χ0n) is 13.3. The molecule has 1 atom stereocenters. The Morgan fingerprint density at radius 3 is 2.67 bits per heavy atom. The molecule has 0 spiro atoms. The minimum atomic E-state index is 0.0840. The van der Waals surface area contributed by atoms with E-state index in [4.69, 9.17) is 4.74 Å². The Balaban J connectivity index is 2.37. The number of hydrogen-bond donors (Lipinski definition) is 1. The van der Waals surface area contributed by atoms with Crippen molar-refractivity contribution in [3.05, 3.63) is 59.3 Å². The van der Waals surface area contributed by atoms with Crippen LogP contribution in [0.1, 0.15) is 36.6 Å². The van der Waals surface area contributed by atoms with Gasteiger partial charge in [-0.3, -0.25) is 0 Å². The monoisotopic (exact) mass is 284 g/mol. The Morgan fingerprint density at radius 1 is 1.19 bits per heavy atom. The molecule has 0 fully saturated rings. The lowest BCUT2D eigenvalue weighted by Gasteiger charge is -2.20. The van der Waals surface area contributed by atoms with Crippen molar-refractivity contribution < 1.29 is 4.74 Å². The summed E-state index contributed by atoms with van der Waals surface area (Å²) in [5, 5.41) is 3.37. The lowest BCUT2D eigenvalue weighted by Crippen LogP contribution is -2.19. The third kappa shape index (κ3) is 3.82. The summed E-state index contributed by atoms with van der Waals surface area (Å²) in [4.78, 5) is 4.30. The van der Waals surface area contributed by atoms with Gasteiger partial charge in [0.15, 0.2) is 0 Å². The molecule has 2 aromatic rings. The molecule has 0 aliphatic heterocycles. The van der Waals surface area contributed by atoms with Gasteiger partial charge in [0.2, 0.25) is 5.88 Å². The van der Waals surface area contributed by atoms with E-state index in [1.165, 1.54) is 11.1 Å². The van der Waals surface area contributed by atoms with E-state index in [9.17, 15) is 0 Å². The number of nitrogens with one attached hydrogen (secondary N) is 1. The number of rotatable bonds is 6. The standard InChI is InChI=1S/C18H24N2O/c1-13(2)11-14-7-5-8-15(12-14)17(19-3)16-9-6-10-20-18(16)21-4/h5-10,12-13,17,19H,11H2,1-4H3. The highest BCUT2D eigenvalue weighted by molar-refractivity contribution is 5.38. The lowest BCUT2D eigenvalue weighted by molar-refractivity contribution is 0.388. The Kier molecular flexibility index (Phi) is 5.34. The molecule has 112 valence electrons. The van der Waals surface area contributed by atoms with Crippen LogP contribution >= 0.6 is 0 Å². The van der Waals surface area contributed by atoms with Crippen LogP contribution in [0.5, 0.6) is 5.88 Å². The Labute approximate surface area is 127 Å². The number of hydrogen-bond acceptors (Lipinski definition) is 3. The van der Waals surface area contributed by atoms with E-state index in [2.05, 4.69) is 54.5 Å². The van der Waals surface area contributed by atoms with Gasteiger partial charge in [0.25, 0.3) is 0 Å². The summed E-state index contributed by atoms with van der Waals surface area (Å²) in [5.74, 6) is 1.33. The van der Waals surface area contributed by atoms with Gasteiger partial charge < -0.3 is 10.1 Å². The Bertz CT molecular complexity index is 581. The van der Waals surface area contributed by atoms with E-state index in [0.717, 1.165) is 12.0 Å². The molecule has 1 N–H and O–H groups in total. The summed E-state index contributed by atoms with van der Waals surface area (Å²) in [7, 11) is 3.62. The normalized spacial score (nSPS) is 12.4. The topological polar surface area (TPSA) is 34.2 Å². The van der Waals surface area contributed by atoms with Crippen LogP contribution in [-0.4, -0.2) is 19.1 Å². The highest BCUT2D eigenvalue weighted by Crippen LogP contribution is 2.28. The molecule has 3 nitrogen and oxygen atoms in total. The second-order valence-corrected chi connectivity index (χ2v) is 5.67. The number of aromatic nitrogens is 1. The van der Waals surface area contributed by atoms with Crippen molar-refractivity contribution >= 4 is 0 Å². The van der Waals surface area contributed by atoms with E-state index in [0.29, 0.717) is 11.8 Å². The fourth-order valence-corrected chi connectivity index (χ4v) is 2.67. The van der Waals surface area contributed by atoms with Crippen LogP contribution in [0.2, 0.25) is 0 Å². The SMILES string of the molecule is CNC(c1cccc(CC(C)C)c1)c1cccnc1OC. The summed E-state index contributed by atoms with van der Waals surface area (Å²) < 4.78 is 5.39. The molecule has 0 saturated carbocycles. The molecule has 1 heterocycles. The van der Waals surface area contributed by atoms with Crippen molar-refractivity contribution in [2.75, 3.05) is 14.2 Å². The van der Waals surface area contributed by atoms with Crippen molar-refractivity contribution in [1.82, 2.24) is 10.3 Å². The first-order valence-electron chi connectivity index (χ1n) is 7.40. The molecule has 1 unspecified atom stereocenters. The summed E-state index contributed by atoms with van der Waals surface area (Å²) in [6.45, 7) is 4.48. The van der Waals surface area contributed by atoms with E-state index in [1.54, 1.807) is 13.3 Å². The van der Waals surface area contributed by atoms with E-state index >= 15 is 0 Å². The maximum Gasteiger partial charge on any atom is 0.218 e. The minimum Gasteiger partial charge on any atom is -0.481 e. The number of pyridine rings is 1. The number of ether oxygens (including phenoxy) is 1. The van der Waals surface area contributed by atoms with Crippen molar-refractivity contribution in [2.45, 2.75) is 26.3 Å². The van der Waals surface area contributed by atoms with E-state index in [1.807, 2.05) is 13.1 Å². The van der Waals surface area contributed by atoms with Crippen LogP contribution in [-0.2, 0) is 6.42 Å². The number of methoxy groups -OCH3 is 1. The molecule has 1 aromatic heterocycles. The van der Waals surface area contributed by atoms with E-state index < -0.39 is 0 Å². The minimum absolute atomic E-state index is 0.0840. The molecule has 0 radical (unpaired) electrons. The smallest absolute Gasteiger partial charge is 0.218 e. The van der Waals surface area contributed by atoms with Gasteiger partial charge >= 0.3 is 0 Å². The molecule has 3 heteroatoms. The second-order valence-electron chi connectivity index (χ2n) is 5.67. The van der Waals surface area contributed by atoms with Crippen LogP contribution in [0.25, 0.3) is 0 Å². The molecular formula is C18H24N2O. The fraction of sp³-hybridized carbons (Fsp3) is 0.389. The summed E-state index contributed by atoms with van der Waals surface area (Å²) >= 11 is 0. The van der Waals surface area contributed by atoms with Crippen molar-refractivity contribution in [3.63, 3.8) is 0 Å². The van der Waals surface area contributed by atoms with Crippen LogP contribution < -0.4 is 10.1 Å². The third-order valence-electron chi connectivity index (χ3n) is 3.52. The first-order valence-corrected chi connectivity index (χ1v) is 7.40. The van der Waals surface area contributed by atoms with Crippen molar-refractivity contribution in [3.8, 4) is 5.88 Å². The predicted molar refractivity (Wildman–Crippen MR) is 86.7 cm³/mol. The summed E-state index contributed by atoms with van der Waals surface area (Å²) in [5.41, 5.74) is 3.66. The zero-order valence-corrected chi connectivity index (χ0v) is 13.3. The third-order valence-corrected chi connectivity index (χ3v) is 3.52. The Hall–Kier alpha value is -1.87. The van der Waals surface area contributed by atoms with Gasteiger partial charge in [-0.1, -0.05) is 44.2 Å². The highest BCUT2D eigenvalue weighted by Gasteiger charge is 2.17. The molecular weight excluding hydrogens is 260 g/mol. The first kappa shape index (κ1) is 15.5.